The Morgan fingerprint density at radius 1 is 1.25 bits per heavy atom. The van der Waals surface area contributed by atoms with Crippen molar-refractivity contribution < 1.29 is 0 Å². The Morgan fingerprint density at radius 2 is 2.15 bits per heavy atom. The number of hydrogen-bond acceptors (Lipinski definition) is 6. The molecule has 20 heavy (non-hydrogen) atoms. The van der Waals surface area contributed by atoms with Crippen LogP contribution in [0, 0.1) is 0 Å². The van der Waals surface area contributed by atoms with Crippen molar-refractivity contribution in [3.8, 4) is 0 Å². The van der Waals surface area contributed by atoms with E-state index in [4.69, 9.17) is 0 Å². The Bertz CT molecular complexity index is 499. The van der Waals surface area contributed by atoms with E-state index >= 15 is 0 Å². The average molecular weight is 291 g/mol. The van der Waals surface area contributed by atoms with Gasteiger partial charge in [0, 0.05) is 37.4 Å². The summed E-state index contributed by atoms with van der Waals surface area (Å²) >= 11 is 1.43. The lowest BCUT2D eigenvalue weighted by molar-refractivity contribution is 0.265. The minimum Gasteiger partial charge on any atom is -0.374 e. The lowest BCUT2D eigenvalue weighted by Gasteiger charge is -2.19. The normalized spacial score (nSPS) is 10.9. The second-order valence-corrected chi connectivity index (χ2v) is 5.35. The fourth-order valence-corrected chi connectivity index (χ4v) is 2.50. The number of anilines is 1. The zero-order valence-electron chi connectivity index (χ0n) is 12.0. The molecule has 2 aromatic rings. The Labute approximate surface area is 124 Å². The van der Waals surface area contributed by atoms with Gasteiger partial charge in [0.25, 0.3) is 0 Å². The third-order valence-corrected chi connectivity index (χ3v) is 3.75. The Hall–Kier alpha value is -1.53. The summed E-state index contributed by atoms with van der Waals surface area (Å²) in [6, 6.07) is 6.02. The molecule has 2 rings (SSSR count). The molecule has 5 nitrogen and oxygen atoms in total. The smallest absolute Gasteiger partial charge is 0.134 e. The van der Waals surface area contributed by atoms with Crippen molar-refractivity contribution in [3.05, 3.63) is 35.8 Å². The van der Waals surface area contributed by atoms with E-state index in [2.05, 4.69) is 44.7 Å². The highest BCUT2D eigenvalue weighted by Gasteiger charge is 2.12. The monoisotopic (exact) mass is 291 g/mol. The summed E-state index contributed by atoms with van der Waals surface area (Å²) < 4.78 is 4.06. The number of pyridine rings is 1. The SMILES string of the molecule is CCCNc1snnc1CN(CC)Cc1ccccn1. The summed E-state index contributed by atoms with van der Waals surface area (Å²) in [7, 11) is 0. The van der Waals surface area contributed by atoms with E-state index in [0.29, 0.717) is 0 Å². The molecule has 0 fully saturated rings. The molecule has 0 spiro atoms. The molecule has 0 radical (unpaired) electrons. The van der Waals surface area contributed by atoms with Crippen LogP contribution in [0.4, 0.5) is 5.00 Å². The molecule has 108 valence electrons. The van der Waals surface area contributed by atoms with E-state index in [0.717, 1.165) is 49.0 Å². The number of nitrogens with one attached hydrogen (secondary N) is 1. The fraction of sp³-hybridized carbons (Fsp3) is 0.500. The van der Waals surface area contributed by atoms with Gasteiger partial charge in [-0.25, -0.2) is 0 Å². The van der Waals surface area contributed by atoms with E-state index in [1.165, 1.54) is 11.5 Å². The zero-order chi connectivity index (χ0) is 14.2. The Morgan fingerprint density at radius 3 is 2.85 bits per heavy atom. The molecule has 1 N–H and O–H groups in total. The Balaban J connectivity index is 1.97. The van der Waals surface area contributed by atoms with Crippen LogP contribution in [0.5, 0.6) is 0 Å². The largest absolute Gasteiger partial charge is 0.374 e. The number of hydrogen-bond donors (Lipinski definition) is 1. The van der Waals surface area contributed by atoms with Crippen molar-refractivity contribution >= 4 is 16.5 Å². The minimum absolute atomic E-state index is 0.801. The maximum atomic E-state index is 4.38. The quantitative estimate of drug-likeness (QED) is 0.810. The van der Waals surface area contributed by atoms with Crippen LogP contribution in [0.2, 0.25) is 0 Å². The maximum Gasteiger partial charge on any atom is 0.134 e. The maximum absolute atomic E-state index is 4.38. The van der Waals surface area contributed by atoms with E-state index in [-0.39, 0.29) is 0 Å². The lowest BCUT2D eigenvalue weighted by atomic mass is 10.3. The minimum atomic E-state index is 0.801. The molecule has 2 heterocycles. The number of nitrogens with zero attached hydrogens (tertiary/aromatic N) is 4. The van der Waals surface area contributed by atoms with Gasteiger partial charge in [-0.15, -0.1) is 5.10 Å². The molecule has 0 saturated heterocycles. The highest BCUT2D eigenvalue weighted by Crippen LogP contribution is 2.19. The molecule has 0 bridgehead atoms. The van der Waals surface area contributed by atoms with E-state index in [1.54, 1.807) is 0 Å². The van der Waals surface area contributed by atoms with E-state index in [1.807, 2.05) is 18.3 Å². The molecule has 0 atom stereocenters. The topological polar surface area (TPSA) is 53.9 Å². The van der Waals surface area contributed by atoms with Crippen LogP contribution in [0.15, 0.2) is 24.4 Å². The van der Waals surface area contributed by atoms with Crippen molar-refractivity contribution in [1.29, 1.82) is 0 Å². The zero-order valence-corrected chi connectivity index (χ0v) is 12.9. The summed E-state index contributed by atoms with van der Waals surface area (Å²) in [5.74, 6) is 0. The third kappa shape index (κ3) is 4.25. The van der Waals surface area contributed by atoms with E-state index < -0.39 is 0 Å². The second-order valence-electron chi connectivity index (χ2n) is 4.60. The van der Waals surface area contributed by atoms with Gasteiger partial charge in [-0.05, 0) is 25.1 Å². The summed E-state index contributed by atoms with van der Waals surface area (Å²) in [6.45, 7) is 7.87. The molecule has 0 unspecified atom stereocenters. The molecular weight excluding hydrogens is 270 g/mol. The molecule has 6 heteroatoms. The van der Waals surface area contributed by atoms with Crippen LogP contribution in [-0.4, -0.2) is 32.6 Å². The standard InChI is InChI=1S/C14H21N5S/c1-3-8-16-14-13(17-18-20-14)11-19(4-2)10-12-7-5-6-9-15-12/h5-7,9,16H,3-4,8,10-11H2,1-2H3. The van der Waals surface area contributed by atoms with Gasteiger partial charge in [0.2, 0.25) is 0 Å². The first-order chi connectivity index (χ1) is 9.83. The molecule has 0 aromatic carbocycles. The lowest BCUT2D eigenvalue weighted by Crippen LogP contribution is -2.23. The summed E-state index contributed by atoms with van der Waals surface area (Å²) in [5.41, 5.74) is 2.11. The Kier molecular flexibility index (Phi) is 5.88. The van der Waals surface area contributed by atoms with Crippen LogP contribution in [-0.2, 0) is 13.1 Å². The summed E-state index contributed by atoms with van der Waals surface area (Å²) in [6.07, 6.45) is 2.94. The van der Waals surface area contributed by atoms with Gasteiger partial charge in [-0.2, -0.15) is 0 Å². The molecule has 2 aromatic heterocycles. The second kappa shape index (κ2) is 7.91. The molecular formula is C14H21N5S. The van der Waals surface area contributed by atoms with Gasteiger partial charge < -0.3 is 5.32 Å². The van der Waals surface area contributed by atoms with Gasteiger partial charge in [0.15, 0.2) is 0 Å². The van der Waals surface area contributed by atoms with Crippen LogP contribution < -0.4 is 5.32 Å². The van der Waals surface area contributed by atoms with Gasteiger partial charge in [-0.3, -0.25) is 9.88 Å². The summed E-state index contributed by atoms with van der Waals surface area (Å²) in [4.78, 5) is 6.69. The van der Waals surface area contributed by atoms with Crippen LogP contribution in [0.3, 0.4) is 0 Å². The molecule has 0 aliphatic heterocycles. The number of aromatic nitrogens is 3. The average Bonchev–Trinajstić information content (AvgIpc) is 2.92. The molecule has 0 amide bonds. The van der Waals surface area contributed by atoms with Crippen molar-refractivity contribution in [1.82, 2.24) is 19.5 Å². The van der Waals surface area contributed by atoms with Gasteiger partial charge >= 0.3 is 0 Å². The number of rotatable bonds is 8. The van der Waals surface area contributed by atoms with Gasteiger partial charge in [-0.1, -0.05) is 24.4 Å². The first kappa shape index (κ1) is 14.9. The summed E-state index contributed by atoms with van der Waals surface area (Å²) in [5, 5.41) is 8.72. The molecule has 0 aliphatic carbocycles. The fourth-order valence-electron chi connectivity index (χ4n) is 1.90. The highest BCUT2D eigenvalue weighted by atomic mass is 32.1. The van der Waals surface area contributed by atoms with Crippen LogP contribution in [0.1, 0.15) is 31.7 Å². The van der Waals surface area contributed by atoms with Crippen molar-refractivity contribution in [2.24, 2.45) is 0 Å². The van der Waals surface area contributed by atoms with Crippen molar-refractivity contribution in [2.75, 3.05) is 18.4 Å². The van der Waals surface area contributed by atoms with Gasteiger partial charge in [0.1, 0.15) is 10.7 Å². The molecule has 0 aliphatic rings. The van der Waals surface area contributed by atoms with Crippen molar-refractivity contribution in [3.63, 3.8) is 0 Å². The predicted octanol–water partition coefficient (Wildman–Crippen LogP) is 2.78. The third-order valence-electron chi connectivity index (χ3n) is 3.02. The first-order valence-electron chi connectivity index (χ1n) is 7.00. The highest BCUT2D eigenvalue weighted by molar-refractivity contribution is 7.10. The first-order valence-corrected chi connectivity index (χ1v) is 7.78. The van der Waals surface area contributed by atoms with E-state index in [9.17, 15) is 0 Å². The van der Waals surface area contributed by atoms with Gasteiger partial charge in [0.05, 0.1) is 5.69 Å². The van der Waals surface area contributed by atoms with Crippen molar-refractivity contribution in [2.45, 2.75) is 33.4 Å². The molecule has 0 saturated carbocycles. The predicted molar refractivity (Wildman–Crippen MR) is 82.7 cm³/mol. The van der Waals surface area contributed by atoms with Crippen LogP contribution >= 0.6 is 11.5 Å². The van der Waals surface area contributed by atoms with Crippen LogP contribution in [0.25, 0.3) is 0 Å².